The molecule has 10 nitrogen and oxygen atoms in total. The molecule has 0 aliphatic carbocycles. The van der Waals surface area contributed by atoms with E-state index in [1.165, 1.54) is 26.4 Å². The van der Waals surface area contributed by atoms with E-state index >= 15 is 0 Å². The van der Waals surface area contributed by atoms with Crippen molar-refractivity contribution >= 4 is 29.7 Å². The fraction of sp³-hybridized carbons (Fsp3) is 0.261. The molecule has 1 aromatic carbocycles. The molecule has 2 amide bonds. The van der Waals surface area contributed by atoms with Crippen LogP contribution in [0.4, 0.5) is 5.69 Å². The van der Waals surface area contributed by atoms with Crippen molar-refractivity contribution in [2.45, 2.75) is 25.7 Å². The minimum absolute atomic E-state index is 0.00840. The van der Waals surface area contributed by atoms with Gasteiger partial charge in [-0.2, -0.15) is 0 Å². The first-order chi connectivity index (χ1) is 15.9. The summed E-state index contributed by atoms with van der Waals surface area (Å²) >= 11 is 0. The van der Waals surface area contributed by atoms with Crippen LogP contribution in [0.25, 0.3) is 22.6 Å². The standard InChI is InChI=1S/C23H26N6O4/c1-4-13-23(32-2,33-3)27-22(31)20(15-18-6-5-14-25-16-18)26-21(30)12-9-17-7-10-19(11-8-17)28-29-24/h5-12,14-16H,4,13H2,1-3H3,(H,26,30)(H,27,31)/b12-9+,20-15-. The Labute approximate surface area is 191 Å². The Hall–Kier alpha value is -3.98. The average molecular weight is 450 g/mol. The second kappa shape index (κ2) is 12.8. The minimum atomic E-state index is -1.33. The number of nitrogens with zero attached hydrogens (tertiary/aromatic N) is 4. The van der Waals surface area contributed by atoms with Gasteiger partial charge in [0.15, 0.2) is 0 Å². The second-order valence-electron chi connectivity index (χ2n) is 6.81. The highest BCUT2D eigenvalue weighted by Crippen LogP contribution is 2.17. The van der Waals surface area contributed by atoms with E-state index in [-0.39, 0.29) is 5.70 Å². The molecule has 0 saturated heterocycles. The van der Waals surface area contributed by atoms with Crippen LogP contribution in [-0.2, 0) is 19.1 Å². The van der Waals surface area contributed by atoms with Crippen molar-refractivity contribution in [2.75, 3.05) is 14.2 Å². The molecule has 172 valence electrons. The normalized spacial score (nSPS) is 11.7. The van der Waals surface area contributed by atoms with Crippen molar-refractivity contribution in [3.63, 3.8) is 0 Å². The number of hydrogen-bond acceptors (Lipinski definition) is 6. The van der Waals surface area contributed by atoms with Crippen molar-refractivity contribution in [3.05, 3.63) is 82.1 Å². The quantitative estimate of drug-likeness (QED) is 0.175. The maximum absolute atomic E-state index is 13.0. The number of nitrogens with one attached hydrogen (secondary N) is 2. The minimum Gasteiger partial charge on any atom is -0.336 e. The molecule has 0 saturated carbocycles. The van der Waals surface area contributed by atoms with Gasteiger partial charge in [0.05, 0.1) is 0 Å². The van der Waals surface area contributed by atoms with Crippen molar-refractivity contribution < 1.29 is 19.1 Å². The Balaban J connectivity index is 2.23. The fourth-order valence-corrected chi connectivity index (χ4v) is 2.86. The zero-order valence-corrected chi connectivity index (χ0v) is 18.7. The van der Waals surface area contributed by atoms with Gasteiger partial charge in [0, 0.05) is 49.7 Å². The highest BCUT2D eigenvalue weighted by molar-refractivity contribution is 6.04. The van der Waals surface area contributed by atoms with Crippen LogP contribution in [0, 0.1) is 0 Å². The maximum Gasteiger partial charge on any atom is 0.271 e. The Morgan fingerprint density at radius 3 is 2.48 bits per heavy atom. The summed E-state index contributed by atoms with van der Waals surface area (Å²) in [7, 11) is 2.86. The number of pyridine rings is 1. The number of azide groups is 1. The highest BCUT2D eigenvalue weighted by atomic mass is 16.7. The van der Waals surface area contributed by atoms with Crippen LogP contribution in [0.1, 0.15) is 30.9 Å². The molecule has 0 fully saturated rings. The number of benzene rings is 1. The molecule has 0 atom stereocenters. The topological polar surface area (TPSA) is 138 Å². The lowest BCUT2D eigenvalue weighted by molar-refractivity contribution is -0.229. The lowest BCUT2D eigenvalue weighted by Crippen LogP contribution is -2.53. The Bertz CT molecular complexity index is 1040. The van der Waals surface area contributed by atoms with Crippen molar-refractivity contribution in [3.8, 4) is 0 Å². The van der Waals surface area contributed by atoms with Gasteiger partial charge in [-0.25, -0.2) is 0 Å². The molecular weight excluding hydrogens is 424 g/mol. The van der Waals surface area contributed by atoms with E-state index in [1.807, 2.05) is 6.92 Å². The number of rotatable bonds is 11. The SMILES string of the molecule is CCCC(NC(=O)/C(=C/c1cccnc1)NC(=O)/C=C/c1ccc(N=[N+]=[N-])cc1)(OC)OC. The molecule has 2 aromatic rings. The molecule has 0 radical (unpaired) electrons. The van der Waals surface area contributed by atoms with Gasteiger partial charge in [-0.05, 0) is 41.3 Å². The van der Waals surface area contributed by atoms with Crippen LogP contribution in [0.2, 0.25) is 0 Å². The maximum atomic E-state index is 13.0. The molecule has 0 aliphatic heterocycles. The molecular formula is C23H26N6O4. The van der Waals surface area contributed by atoms with Crippen molar-refractivity contribution in [1.82, 2.24) is 15.6 Å². The number of hydrogen-bond donors (Lipinski definition) is 2. The summed E-state index contributed by atoms with van der Waals surface area (Å²) in [6.45, 7) is 1.93. The van der Waals surface area contributed by atoms with Crippen LogP contribution in [0.3, 0.4) is 0 Å². The molecule has 2 N–H and O–H groups in total. The average Bonchev–Trinajstić information content (AvgIpc) is 2.83. The summed E-state index contributed by atoms with van der Waals surface area (Å²) in [5.41, 5.74) is 10.3. The number of ether oxygens (including phenoxy) is 2. The summed E-state index contributed by atoms with van der Waals surface area (Å²) in [6, 6.07) is 10.1. The molecule has 0 unspecified atom stereocenters. The molecule has 1 aromatic heterocycles. The second-order valence-corrected chi connectivity index (χ2v) is 6.81. The van der Waals surface area contributed by atoms with Gasteiger partial charge in [-0.15, -0.1) is 0 Å². The Morgan fingerprint density at radius 2 is 1.91 bits per heavy atom. The zero-order valence-electron chi connectivity index (χ0n) is 18.7. The Kier molecular flexibility index (Phi) is 9.79. The largest absolute Gasteiger partial charge is 0.336 e. The first kappa shape index (κ1) is 25.3. The lowest BCUT2D eigenvalue weighted by Gasteiger charge is -2.31. The third-order valence-electron chi connectivity index (χ3n) is 4.52. The number of carbonyl (C=O) groups is 2. The number of amides is 2. The van der Waals surface area contributed by atoms with Crippen LogP contribution in [0.15, 0.2) is 65.7 Å². The van der Waals surface area contributed by atoms with E-state index in [9.17, 15) is 9.59 Å². The van der Waals surface area contributed by atoms with E-state index in [4.69, 9.17) is 15.0 Å². The molecule has 10 heteroatoms. The van der Waals surface area contributed by atoms with E-state index in [1.54, 1.807) is 54.9 Å². The van der Waals surface area contributed by atoms with E-state index in [0.717, 1.165) is 0 Å². The van der Waals surface area contributed by atoms with E-state index in [0.29, 0.717) is 29.7 Å². The van der Waals surface area contributed by atoms with Crippen LogP contribution >= 0.6 is 0 Å². The number of methoxy groups -OCH3 is 2. The van der Waals surface area contributed by atoms with Gasteiger partial charge < -0.3 is 14.8 Å². The molecule has 2 rings (SSSR count). The molecule has 0 spiro atoms. The van der Waals surface area contributed by atoms with Gasteiger partial charge in [0.2, 0.25) is 5.91 Å². The van der Waals surface area contributed by atoms with Crippen LogP contribution in [-0.4, -0.2) is 36.9 Å². The summed E-state index contributed by atoms with van der Waals surface area (Å²) < 4.78 is 10.8. The molecule has 33 heavy (non-hydrogen) atoms. The summed E-state index contributed by atoms with van der Waals surface area (Å²) in [5, 5.41) is 8.79. The van der Waals surface area contributed by atoms with Crippen molar-refractivity contribution in [1.29, 1.82) is 0 Å². The van der Waals surface area contributed by atoms with Gasteiger partial charge >= 0.3 is 0 Å². The van der Waals surface area contributed by atoms with E-state index < -0.39 is 17.7 Å². The highest BCUT2D eigenvalue weighted by Gasteiger charge is 2.32. The summed E-state index contributed by atoms with van der Waals surface area (Å²) in [4.78, 5) is 32.3. The predicted octanol–water partition coefficient (Wildman–Crippen LogP) is 4.06. The molecule has 0 aliphatic rings. The first-order valence-corrected chi connectivity index (χ1v) is 10.1. The van der Waals surface area contributed by atoms with E-state index in [2.05, 4.69) is 25.6 Å². The van der Waals surface area contributed by atoms with Gasteiger partial charge in [0.1, 0.15) is 5.70 Å². The zero-order chi connectivity index (χ0) is 24.1. The molecule has 1 heterocycles. The predicted molar refractivity (Wildman–Crippen MR) is 124 cm³/mol. The lowest BCUT2D eigenvalue weighted by atomic mass is 10.2. The third kappa shape index (κ3) is 7.89. The fourth-order valence-electron chi connectivity index (χ4n) is 2.86. The van der Waals surface area contributed by atoms with Crippen LogP contribution < -0.4 is 10.6 Å². The van der Waals surface area contributed by atoms with Gasteiger partial charge in [0.25, 0.3) is 11.8 Å². The van der Waals surface area contributed by atoms with Gasteiger partial charge in [-0.3, -0.25) is 19.9 Å². The first-order valence-electron chi connectivity index (χ1n) is 10.1. The Morgan fingerprint density at radius 1 is 1.18 bits per heavy atom. The summed E-state index contributed by atoms with van der Waals surface area (Å²) in [6.07, 6.45) is 8.63. The number of aromatic nitrogens is 1. The van der Waals surface area contributed by atoms with Crippen molar-refractivity contribution in [2.24, 2.45) is 5.11 Å². The number of carbonyl (C=O) groups excluding carboxylic acids is 2. The van der Waals surface area contributed by atoms with Gasteiger partial charge in [-0.1, -0.05) is 42.4 Å². The van der Waals surface area contributed by atoms with Crippen LogP contribution in [0.5, 0.6) is 0 Å². The molecule has 0 bridgehead atoms. The summed E-state index contributed by atoms with van der Waals surface area (Å²) in [5.74, 6) is -2.43. The smallest absolute Gasteiger partial charge is 0.271 e. The third-order valence-corrected chi connectivity index (χ3v) is 4.52. The monoisotopic (exact) mass is 450 g/mol.